The van der Waals surface area contributed by atoms with E-state index in [0.717, 1.165) is 17.7 Å². The Morgan fingerprint density at radius 3 is 2.24 bits per heavy atom. The number of hydrogen-bond donors (Lipinski definition) is 1. The van der Waals surface area contributed by atoms with E-state index in [9.17, 15) is 23.1 Å². The van der Waals surface area contributed by atoms with Crippen molar-refractivity contribution in [1.29, 1.82) is 0 Å². The summed E-state index contributed by atoms with van der Waals surface area (Å²) in [5.41, 5.74) is 0.285. The predicted molar refractivity (Wildman–Crippen MR) is 85.0 cm³/mol. The van der Waals surface area contributed by atoms with Crippen molar-refractivity contribution >= 4 is 5.78 Å². The van der Waals surface area contributed by atoms with Crippen molar-refractivity contribution in [3.8, 4) is 0 Å². The highest BCUT2D eigenvalue weighted by Crippen LogP contribution is 2.30. The zero-order valence-corrected chi connectivity index (χ0v) is 13.3. The molecule has 0 atom stereocenters. The summed E-state index contributed by atoms with van der Waals surface area (Å²) in [4.78, 5) is 12.2. The van der Waals surface area contributed by atoms with Crippen LogP contribution < -0.4 is 0 Å². The maximum absolute atomic E-state index is 12.5. The molecule has 0 spiro atoms. The molecule has 0 radical (unpaired) electrons. The molecule has 6 heteroatoms. The molecule has 1 saturated heterocycles. The fourth-order valence-corrected chi connectivity index (χ4v) is 2.76. The van der Waals surface area contributed by atoms with E-state index in [4.69, 9.17) is 4.74 Å². The maximum atomic E-state index is 12.5. The van der Waals surface area contributed by atoms with Crippen molar-refractivity contribution < 1.29 is 27.8 Å². The number of hydrogen-bond acceptors (Lipinski definition) is 3. The molecule has 1 aliphatic heterocycles. The number of carbonyl (C=O) groups excluding carboxylic acids is 1. The molecule has 3 nitrogen and oxygen atoms in total. The fraction of sp³-hybridized carbons (Fsp3) is 0.316. The number of carbonyl (C=O) groups is 1. The summed E-state index contributed by atoms with van der Waals surface area (Å²) < 4.78 is 42.7. The first-order valence-electron chi connectivity index (χ1n) is 7.84. The van der Waals surface area contributed by atoms with E-state index >= 15 is 0 Å². The minimum absolute atomic E-state index is 0.0652. The SMILES string of the molecule is O=C(Cc1ccc(C(F)(F)F)cc1)Cc1cccc(C2(O)COC2)c1. The Bertz CT molecular complexity index is 762. The van der Waals surface area contributed by atoms with Crippen LogP contribution in [0.4, 0.5) is 13.2 Å². The van der Waals surface area contributed by atoms with Crippen LogP contribution in [-0.4, -0.2) is 24.1 Å². The first-order valence-corrected chi connectivity index (χ1v) is 7.84. The smallest absolute Gasteiger partial charge is 0.380 e. The molecule has 0 aliphatic carbocycles. The molecule has 0 bridgehead atoms. The summed E-state index contributed by atoms with van der Waals surface area (Å²) in [5, 5.41) is 10.3. The molecule has 2 aromatic carbocycles. The fourth-order valence-electron chi connectivity index (χ4n) is 2.76. The highest BCUT2D eigenvalue weighted by Gasteiger charge is 2.38. The van der Waals surface area contributed by atoms with E-state index < -0.39 is 17.3 Å². The molecule has 0 saturated carbocycles. The van der Waals surface area contributed by atoms with Crippen molar-refractivity contribution in [3.63, 3.8) is 0 Å². The molecule has 1 heterocycles. The molecule has 0 unspecified atom stereocenters. The highest BCUT2D eigenvalue weighted by atomic mass is 19.4. The highest BCUT2D eigenvalue weighted by molar-refractivity contribution is 5.83. The summed E-state index contributed by atoms with van der Waals surface area (Å²) >= 11 is 0. The largest absolute Gasteiger partial charge is 0.416 e. The molecule has 0 aromatic heterocycles. The Balaban J connectivity index is 1.64. The van der Waals surface area contributed by atoms with E-state index in [1.54, 1.807) is 24.3 Å². The summed E-state index contributed by atoms with van der Waals surface area (Å²) in [6.07, 6.45) is -4.16. The van der Waals surface area contributed by atoms with Gasteiger partial charge >= 0.3 is 6.18 Å². The van der Waals surface area contributed by atoms with Crippen molar-refractivity contribution in [2.24, 2.45) is 0 Å². The van der Waals surface area contributed by atoms with Gasteiger partial charge in [-0.3, -0.25) is 4.79 Å². The summed E-state index contributed by atoms with van der Waals surface area (Å²) in [6, 6.07) is 11.7. The lowest BCUT2D eigenvalue weighted by molar-refractivity contribution is -0.184. The molecule has 132 valence electrons. The lowest BCUT2D eigenvalue weighted by Gasteiger charge is -2.36. The Morgan fingerprint density at radius 1 is 1.04 bits per heavy atom. The second kappa shape index (κ2) is 6.61. The van der Waals surface area contributed by atoms with Gasteiger partial charge in [0.2, 0.25) is 0 Å². The summed E-state index contributed by atoms with van der Waals surface area (Å²) in [5.74, 6) is -0.103. The Hall–Kier alpha value is -2.18. The molecule has 0 amide bonds. The molecule has 1 N–H and O–H groups in total. The van der Waals surface area contributed by atoms with Crippen molar-refractivity contribution in [1.82, 2.24) is 0 Å². The summed E-state index contributed by atoms with van der Waals surface area (Å²) in [7, 11) is 0. The second-order valence-corrected chi connectivity index (χ2v) is 6.31. The average Bonchev–Trinajstić information content (AvgIpc) is 2.52. The van der Waals surface area contributed by atoms with Gasteiger partial charge in [-0.15, -0.1) is 0 Å². The lowest BCUT2D eigenvalue weighted by atomic mass is 9.90. The van der Waals surface area contributed by atoms with Crippen LogP contribution in [0.2, 0.25) is 0 Å². The van der Waals surface area contributed by atoms with Gasteiger partial charge in [-0.1, -0.05) is 36.4 Å². The lowest BCUT2D eigenvalue weighted by Crippen LogP contribution is -2.46. The third-order valence-corrected chi connectivity index (χ3v) is 4.23. The van der Waals surface area contributed by atoms with E-state index in [1.165, 1.54) is 12.1 Å². The van der Waals surface area contributed by atoms with Crippen LogP contribution in [-0.2, 0) is 34.2 Å². The third kappa shape index (κ3) is 4.08. The average molecular weight is 350 g/mol. The molecular weight excluding hydrogens is 333 g/mol. The van der Waals surface area contributed by atoms with E-state index in [0.29, 0.717) is 11.1 Å². The van der Waals surface area contributed by atoms with Crippen LogP contribution in [0.1, 0.15) is 22.3 Å². The number of alkyl halides is 3. The number of aliphatic hydroxyl groups is 1. The molecule has 3 rings (SSSR count). The van der Waals surface area contributed by atoms with Gasteiger partial charge < -0.3 is 9.84 Å². The Labute approximate surface area is 143 Å². The third-order valence-electron chi connectivity index (χ3n) is 4.23. The van der Waals surface area contributed by atoms with Gasteiger partial charge in [0.15, 0.2) is 0 Å². The van der Waals surface area contributed by atoms with Gasteiger partial charge in [-0.25, -0.2) is 0 Å². The molecule has 2 aromatic rings. The zero-order chi connectivity index (χ0) is 18.1. The van der Waals surface area contributed by atoms with E-state index in [2.05, 4.69) is 0 Å². The normalized spacial score (nSPS) is 16.3. The van der Waals surface area contributed by atoms with Gasteiger partial charge in [0.1, 0.15) is 11.4 Å². The Morgan fingerprint density at radius 2 is 1.68 bits per heavy atom. The number of ether oxygens (including phenoxy) is 1. The first kappa shape index (κ1) is 17.6. The minimum atomic E-state index is -4.38. The van der Waals surface area contributed by atoms with Gasteiger partial charge in [0.05, 0.1) is 18.8 Å². The number of benzene rings is 2. The topological polar surface area (TPSA) is 46.5 Å². The second-order valence-electron chi connectivity index (χ2n) is 6.31. The van der Waals surface area contributed by atoms with Crippen LogP contribution in [0.25, 0.3) is 0 Å². The quantitative estimate of drug-likeness (QED) is 0.900. The summed E-state index contributed by atoms with van der Waals surface area (Å²) in [6.45, 7) is 0.464. The van der Waals surface area contributed by atoms with Gasteiger partial charge in [0.25, 0.3) is 0 Å². The predicted octanol–water partition coefficient (Wildman–Crippen LogP) is 3.28. The number of Topliss-reactive ketones (excluding diaryl/α,β-unsaturated/α-hetero) is 1. The zero-order valence-electron chi connectivity index (χ0n) is 13.3. The van der Waals surface area contributed by atoms with Gasteiger partial charge in [0, 0.05) is 12.8 Å². The van der Waals surface area contributed by atoms with Gasteiger partial charge in [-0.05, 0) is 28.8 Å². The molecule has 1 aliphatic rings. The monoisotopic (exact) mass is 350 g/mol. The van der Waals surface area contributed by atoms with E-state index in [-0.39, 0.29) is 31.8 Å². The van der Waals surface area contributed by atoms with Crippen molar-refractivity contribution in [2.45, 2.75) is 24.6 Å². The first-order chi connectivity index (χ1) is 11.8. The Kier molecular flexibility index (Phi) is 4.67. The maximum Gasteiger partial charge on any atom is 0.416 e. The van der Waals surface area contributed by atoms with Crippen LogP contribution >= 0.6 is 0 Å². The standard InChI is InChI=1S/C19H17F3O3/c20-19(21,22)15-6-4-13(5-7-15)9-17(23)10-14-2-1-3-16(8-14)18(24)11-25-12-18/h1-8,24H,9-12H2. The molecular formula is C19H17F3O3. The molecule has 25 heavy (non-hydrogen) atoms. The minimum Gasteiger partial charge on any atom is -0.380 e. The molecule has 1 fully saturated rings. The number of ketones is 1. The van der Waals surface area contributed by atoms with Crippen LogP contribution in [0, 0.1) is 0 Å². The number of halogens is 3. The van der Waals surface area contributed by atoms with Gasteiger partial charge in [-0.2, -0.15) is 13.2 Å². The van der Waals surface area contributed by atoms with Crippen LogP contribution in [0.15, 0.2) is 48.5 Å². The van der Waals surface area contributed by atoms with Crippen LogP contribution in [0.5, 0.6) is 0 Å². The van der Waals surface area contributed by atoms with Crippen molar-refractivity contribution in [3.05, 3.63) is 70.8 Å². The van der Waals surface area contributed by atoms with E-state index in [1.807, 2.05) is 0 Å². The van der Waals surface area contributed by atoms with Crippen LogP contribution in [0.3, 0.4) is 0 Å². The number of rotatable bonds is 5. The van der Waals surface area contributed by atoms with Crippen molar-refractivity contribution in [2.75, 3.05) is 13.2 Å².